The van der Waals surface area contributed by atoms with E-state index in [-0.39, 0.29) is 11.7 Å². The molecule has 0 aliphatic carbocycles. The van der Waals surface area contributed by atoms with Crippen LogP contribution in [0.15, 0.2) is 47.6 Å². The highest BCUT2D eigenvalue weighted by Crippen LogP contribution is 2.20. The zero-order valence-corrected chi connectivity index (χ0v) is 11.4. The molecule has 20 heavy (non-hydrogen) atoms. The van der Waals surface area contributed by atoms with Gasteiger partial charge < -0.3 is 15.8 Å². The zero-order valence-electron chi connectivity index (χ0n) is 11.4. The summed E-state index contributed by atoms with van der Waals surface area (Å²) in [6, 6.07) is 12.8. The van der Waals surface area contributed by atoms with Crippen LogP contribution in [-0.2, 0) is 0 Å². The molecule has 0 radical (unpaired) electrons. The molecule has 1 amide bonds. The number of carbonyl (C=O) groups is 1. The minimum atomic E-state index is -0.480. The van der Waals surface area contributed by atoms with E-state index in [0.717, 1.165) is 10.8 Å². The van der Waals surface area contributed by atoms with Crippen molar-refractivity contribution in [2.45, 2.75) is 13.0 Å². The van der Waals surface area contributed by atoms with Crippen LogP contribution in [0.25, 0.3) is 10.8 Å². The monoisotopic (exact) mass is 271 g/mol. The second-order valence-electron chi connectivity index (χ2n) is 4.64. The maximum Gasteiger partial charge on any atom is 0.254 e. The van der Waals surface area contributed by atoms with E-state index in [1.165, 1.54) is 4.90 Å². The van der Waals surface area contributed by atoms with Crippen molar-refractivity contribution in [3.05, 3.63) is 48.0 Å². The predicted molar refractivity (Wildman–Crippen MR) is 78.9 cm³/mol. The average molecular weight is 271 g/mol. The Hall–Kier alpha value is -2.56. The molecule has 0 heterocycles. The van der Waals surface area contributed by atoms with Crippen molar-refractivity contribution in [3.63, 3.8) is 0 Å². The van der Waals surface area contributed by atoms with Gasteiger partial charge >= 0.3 is 0 Å². The molecule has 0 fully saturated rings. The SMILES string of the molecule is CC(C(N)=NO)N(C)C(=O)c1cccc2ccccc12. The summed E-state index contributed by atoms with van der Waals surface area (Å²) in [5.74, 6) is -0.165. The van der Waals surface area contributed by atoms with Crippen LogP contribution in [0.1, 0.15) is 17.3 Å². The normalized spacial score (nSPS) is 13.2. The van der Waals surface area contributed by atoms with Gasteiger partial charge in [0.2, 0.25) is 0 Å². The smallest absolute Gasteiger partial charge is 0.254 e. The summed E-state index contributed by atoms with van der Waals surface area (Å²) in [4.78, 5) is 14.0. The van der Waals surface area contributed by atoms with Gasteiger partial charge in [0.15, 0.2) is 5.84 Å². The van der Waals surface area contributed by atoms with Crippen LogP contribution in [0.5, 0.6) is 0 Å². The number of nitrogens with two attached hydrogens (primary N) is 1. The van der Waals surface area contributed by atoms with Crippen molar-refractivity contribution in [1.82, 2.24) is 4.90 Å². The number of carbonyl (C=O) groups excluding carboxylic acids is 1. The molecule has 0 aliphatic rings. The van der Waals surface area contributed by atoms with E-state index in [4.69, 9.17) is 10.9 Å². The summed E-state index contributed by atoms with van der Waals surface area (Å²) in [5, 5.41) is 13.5. The number of likely N-dealkylation sites (N-methyl/N-ethyl adjacent to an activating group) is 1. The first-order valence-corrected chi connectivity index (χ1v) is 6.28. The Labute approximate surface area is 117 Å². The van der Waals surface area contributed by atoms with Crippen molar-refractivity contribution < 1.29 is 10.0 Å². The van der Waals surface area contributed by atoms with Crippen molar-refractivity contribution in [3.8, 4) is 0 Å². The molecule has 0 saturated heterocycles. The lowest BCUT2D eigenvalue weighted by Gasteiger charge is -2.24. The summed E-state index contributed by atoms with van der Waals surface area (Å²) in [7, 11) is 1.63. The number of amidine groups is 1. The summed E-state index contributed by atoms with van der Waals surface area (Å²) in [6.07, 6.45) is 0. The summed E-state index contributed by atoms with van der Waals surface area (Å²) < 4.78 is 0. The first kappa shape index (κ1) is 13.9. The molecule has 0 aliphatic heterocycles. The average Bonchev–Trinajstić information content (AvgIpc) is 2.51. The standard InChI is InChI=1S/C15H17N3O2/c1-10(14(16)17-20)18(2)15(19)13-9-5-7-11-6-3-4-8-12(11)13/h3-10,20H,1-2H3,(H2,16,17). The Kier molecular flexibility index (Phi) is 3.89. The number of benzene rings is 2. The second-order valence-corrected chi connectivity index (χ2v) is 4.64. The molecule has 0 saturated carbocycles. The quantitative estimate of drug-likeness (QED) is 0.388. The molecule has 3 N–H and O–H groups in total. The highest BCUT2D eigenvalue weighted by atomic mass is 16.4. The van der Waals surface area contributed by atoms with E-state index in [1.54, 1.807) is 20.0 Å². The van der Waals surface area contributed by atoms with Crippen LogP contribution in [0.4, 0.5) is 0 Å². The third-order valence-corrected chi connectivity index (χ3v) is 3.46. The maximum absolute atomic E-state index is 12.6. The highest BCUT2D eigenvalue weighted by molar-refractivity contribution is 6.08. The van der Waals surface area contributed by atoms with Gasteiger partial charge in [-0.1, -0.05) is 41.6 Å². The van der Waals surface area contributed by atoms with Crippen molar-refractivity contribution in [2.24, 2.45) is 10.9 Å². The molecule has 1 atom stereocenters. The van der Waals surface area contributed by atoms with Gasteiger partial charge in [0.25, 0.3) is 5.91 Å². The fourth-order valence-electron chi connectivity index (χ4n) is 2.06. The molecular formula is C15H17N3O2. The van der Waals surface area contributed by atoms with Gasteiger partial charge in [-0.05, 0) is 23.8 Å². The highest BCUT2D eigenvalue weighted by Gasteiger charge is 2.21. The molecule has 2 rings (SSSR count). The number of amides is 1. The predicted octanol–water partition coefficient (Wildman–Crippen LogP) is 2.05. The minimum Gasteiger partial charge on any atom is -0.409 e. The molecule has 2 aromatic rings. The Balaban J connectivity index is 2.41. The molecule has 5 nitrogen and oxygen atoms in total. The first-order chi connectivity index (χ1) is 9.56. The molecule has 0 aromatic heterocycles. The molecule has 2 aromatic carbocycles. The van der Waals surface area contributed by atoms with Crippen LogP contribution in [0.2, 0.25) is 0 Å². The number of rotatable bonds is 3. The lowest BCUT2D eigenvalue weighted by molar-refractivity contribution is 0.0778. The van der Waals surface area contributed by atoms with Crippen LogP contribution < -0.4 is 5.73 Å². The van der Waals surface area contributed by atoms with Gasteiger partial charge in [0.1, 0.15) is 0 Å². The topological polar surface area (TPSA) is 78.9 Å². The van der Waals surface area contributed by atoms with Crippen molar-refractivity contribution >= 4 is 22.5 Å². The van der Waals surface area contributed by atoms with Crippen LogP contribution in [0, 0.1) is 0 Å². The van der Waals surface area contributed by atoms with E-state index >= 15 is 0 Å². The third kappa shape index (κ3) is 2.42. The number of nitrogens with zero attached hydrogens (tertiary/aromatic N) is 2. The summed E-state index contributed by atoms with van der Waals surface area (Å²) >= 11 is 0. The zero-order chi connectivity index (χ0) is 14.7. The molecule has 5 heteroatoms. The molecular weight excluding hydrogens is 254 g/mol. The Morgan fingerprint density at radius 1 is 1.25 bits per heavy atom. The van der Waals surface area contributed by atoms with E-state index in [9.17, 15) is 4.79 Å². The van der Waals surface area contributed by atoms with E-state index in [2.05, 4.69) is 5.16 Å². The fraction of sp³-hybridized carbons (Fsp3) is 0.200. The third-order valence-electron chi connectivity index (χ3n) is 3.46. The molecule has 0 spiro atoms. The van der Waals surface area contributed by atoms with Crippen molar-refractivity contribution in [1.29, 1.82) is 0 Å². The number of oxime groups is 1. The van der Waals surface area contributed by atoms with Gasteiger partial charge in [-0.3, -0.25) is 4.79 Å². The number of hydrogen-bond donors (Lipinski definition) is 2. The van der Waals surface area contributed by atoms with Crippen LogP contribution in [0.3, 0.4) is 0 Å². The van der Waals surface area contributed by atoms with E-state index in [0.29, 0.717) is 5.56 Å². The molecule has 104 valence electrons. The Morgan fingerprint density at radius 2 is 1.90 bits per heavy atom. The van der Waals surface area contributed by atoms with E-state index < -0.39 is 6.04 Å². The van der Waals surface area contributed by atoms with Gasteiger partial charge in [0, 0.05) is 12.6 Å². The number of fused-ring (bicyclic) bond motifs is 1. The van der Waals surface area contributed by atoms with Gasteiger partial charge in [0.05, 0.1) is 6.04 Å². The fourth-order valence-corrected chi connectivity index (χ4v) is 2.06. The lowest BCUT2D eigenvalue weighted by atomic mass is 10.0. The Morgan fingerprint density at radius 3 is 2.60 bits per heavy atom. The first-order valence-electron chi connectivity index (χ1n) is 6.28. The summed E-state index contributed by atoms with van der Waals surface area (Å²) in [6.45, 7) is 1.71. The second kappa shape index (κ2) is 5.61. The van der Waals surface area contributed by atoms with Gasteiger partial charge in [-0.2, -0.15) is 0 Å². The van der Waals surface area contributed by atoms with Crippen LogP contribution >= 0.6 is 0 Å². The minimum absolute atomic E-state index is 0.00101. The van der Waals surface area contributed by atoms with Crippen molar-refractivity contribution in [2.75, 3.05) is 7.05 Å². The molecule has 1 unspecified atom stereocenters. The van der Waals surface area contributed by atoms with Crippen LogP contribution in [-0.4, -0.2) is 34.9 Å². The Bertz CT molecular complexity index is 662. The maximum atomic E-state index is 12.6. The molecule has 0 bridgehead atoms. The van der Waals surface area contributed by atoms with E-state index in [1.807, 2.05) is 36.4 Å². The number of hydrogen-bond acceptors (Lipinski definition) is 3. The van der Waals surface area contributed by atoms with Gasteiger partial charge in [-0.15, -0.1) is 0 Å². The van der Waals surface area contributed by atoms with Gasteiger partial charge in [-0.25, -0.2) is 0 Å². The summed E-state index contributed by atoms with van der Waals surface area (Å²) in [5.41, 5.74) is 6.15. The lowest BCUT2D eigenvalue weighted by Crippen LogP contribution is -2.43. The largest absolute Gasteiger partial charge is 0.409 e.